The lowest BCUT2D eigenvalue weighted by molar-refractivity contribution is 0.208. The Morgan fingerprint density at radius 1 is 1.38 bits per heavy atom. The van der Waals surface area contributed by atoms with Gasteiger partial charge in [-0.05, 0) is 63.5 Å². The van der Waals surface area contributed by atoms with Crippen LogP contribution in [0.15, 0.2) is 18.2 Å². The molecule has 21 heavy (non-hydrogen) atoms. The van der Waals surface area contributed by atoms with Crippen LogP contribution in [-0.2, 0) is 6.54 Å². The molecular weight excluding hydrogens is 262 g/mol. The first-order valence-corrected chi connectivity index (χ1v) is 7.52. The zero-order valence-corrected chi connectivity index (χ0v) is 12.4. The van der Waals surface area contributed by atoms with Crippen molar-refractivity contribution in [2.24, 2.45) is 5.92 Å². The Balaban J connectivity index is 1.77. The van der Waals surface area contributed by atoms with Crippen molar-refractivity contribution in [1.82, 2.24) is 14.5 Å². The Labute approximate surface area is 125 Å². The monoisotopic (exact) mass is 283 g/mol. The third-order valence-corrected chi connectivity index (χ3v) is 4.51. The quantitative estimate of drug-likeness (QED) is 0.937. The summed E-state index contributed by atoms with van der Waals surface area (Å²) in [4.78, 5) is 6.77. The molecule has 1 aliphatic heterocycles. The zero-order chi connectivity index (χ0) is 14.8. The molecule has 0 spiro atoms. The molecular formula is C16H21N5. The second-order valence-corrected chi connectivity index (χ2v) is 5.97. The molecule has 0 atom stereocenters. The minimum absolute atomic E-state index is 0.549. The van der Waals surface area contributed by atoms with Gasteiger partial charge < -0.3 is 15.2 Å². The minimum Gasteiger partial charge on any atom is -0.369 e. The number of nitrogens with zero attached hydrogens (tertiary/aromatic N) is 4. The van der Waals surface area contributed by atoms with E-state index in [1.165, 1.54) is 25.9 Å². The Morgan fingerprint density at radius 2 is 2.14 bits per heavy atom. The van der Waals surface area contributed by atoms with E-state index in [9.17, 15) is 0 Å². The fraction of sp³-hybridized carbons (Fsp3) is 0.500. The van der Waals surface area contributed by atoms with Gasteiger partial charge in [0.05, 0.1) is 22.7 Å². The van der Waals surface area contributed by atoms with Gasteiger partial charge in [-0.15, -0.1) is 0 Å². The number of rotatable bonds is 3. The van der Waals surface area contributed by atoms with Gasteiger partial charge >= 0.3 is 0 Å². The van der Waals surface area contributed by atoms with Crippen molar-refractivity contribution >= 4 is 17.0 Å². The summed E-state index contributed by atoms with van der Waals surface area (Å²) in [6, 6.07) is 7.72. The lowest BCUT2D eigenvalue weighted by Gasteiger charge is -2.29. The highest BCUT2D eigenvalue weighted by Gasteiger charge is 2.17. The van der Waals surface area contributed by atoms with Crippen LogP contribution in [0.2, 0.25) is 0 Å². The Kier molecular flexibility index (Phi) is 3.80. The number of aryl methyl sites for hydroxylation is 1. The number of nitrogens with two attached hydrogens (primary N) is 1. The fourth-order valence-electron chi connectivity index (χ4n) is 3.11. The molecule has 0 saturated carbocycles. The van der Waals surface area contributed by atoms with Gasteiger partial charge in [0.1, 0.15) is 0 Å². The first-order valence-electron chi connectivity index (χ1n) is 7.52. The molecule has 0 bridgehead atoms. The molecule has 0 radical (unpaired) electrons. The van der Waals surface area contributed by atoms with Crippen LogP contribution < -0.4 is 5.73 Å². The summed E-state index contributed by atoms with van der Waals surface area (Å²) in [6.07, 6.45) is 3.64. The van der Waals surface area contributed by atoms with Crippen LogP contribution in [0.3, 0.4) is 0 Å². The van der Waals surface area contributed by atoms with Crippen LogP contribution >= 0.6 is 0 Å². The highest BCUT2D eigenvalue weighted by atomic mass is 15.2. The predicted octanol–water partition coefficient (Wildman–Crippen LogP) is 2.22. The largest absolute Gasteiger partial charge is 0.369 e. The van der Waals surface area contributed by atoms with E-state index >= 15 is 0 Å². The Hall–Kier alpha value is -2.06. The van der Waals surface area contributed by atoms with E-state index in [1.54, 1.807) is 6.07 Å². The summed E-state index contributed by atoms with van der Waals surface area (Å²) in [6.45, 7) is 3.25. The van der Waals surface area contributed by atoms with E-state index in [0.717, 1.165) is 29.9 Å². The normalized spacial score (nSPS) is 17.1. The molecule has 2 N–H and O–H groups in total. The number of hydrogen-bond donors (Lipinski definition) is 1. The van der Waals surface area contributed by atoms with Crippen LogP contribution in [0.4, 0.5) is 5.95 Å². The molecule has 0 amide bonds. The summed E-state index contributed by atoms with van der Waals surface area (Å²) in [5, 5.41) is 9.04. The fourth-order valence-corrected chi connectivity index (χ4v) is 3.11. The maximum Gasteiger partial charge on any atom is 0.201 e. The van der Waals surface area contributed by atoms with Crippen LogP contribution in [0.1, 0.15) is 24.8 Å². The van der Waals surface area contributed by atoms with E-state index in [4.69, 9.17) is 11.0 Å². The third kappa shape index (κ3) is 2.86. The van der Waals surface area contributed by atoms with Gasteiger partial charge in [-0.2, -0.15) is 5.26 Å². The molecule has 2 heterocycles. The van der Waals surface area contributed by atoms with Crippen LogP contribution in [0.25, 0.3) is 11.0 Å². The number of piperidine rings is 1. The zero-order valence-electron chi connectivity index (χ0n) is 12.4. The lowest BCUT2D eigenvalue weighted by Crippen LogP contribution is -2.30. The lowest BCUT2D eigenvalue weighted by atomic mass is 9.94. The molecule has 0 unspecified atom stereocenters. The highest BCUT2D eigenvalue weighted by Crippen LogP contribution is 2.24. The molecule has 5 nitrogen and oxygen atoms in total. The molecule has 5 heteroatoms. The maximum atomic E-state index is 9.04. The highest BCUT2D eigenvalue weighted by molar-refractivity contribution is 5.79. The first-order chi connectivity index (χ1) is 10.2. The van der Waals surface area contributed by atoms with Crippen molar-refractivity contribution in [3.05, 3.63) is 23.8 Å². The van der Waals surface area contributed by atoms with Crippen molar-refractivity contribution in [2.45, 2.75) is 25.8 Å². The van der Waals surface area contributed by atoms with Gasteiger partial charge in [-0.3, -0.25) is 0 Å². The topological polar surface area (TPSA) is 70.9 Å². The number of likely N-dealkylation sites (tertiary alicyclic amines) is 1. The van der Waals surface area contributed by atoms with E-state index in [-0.39, 0.29) is 0 Å². The number of fused-ring (bicyclic) bond motifs is 1. The number of benzene rings is 1. The summed E-state index contributed by atoms with van der Waals surface area (Å²) >= 11 is 0. The average Bonchev–Trinajstić information content (AvgIpc) is 2.81. The molecule has 3 rings (SSSR count). The van der Waals surface area contributed by atoms with Gasteiger partial charge in [0.15, 0.2) is 0 Å². The second-order valence-electron chi connectivity index (χ2n) is 5.97. The number of hydrogen-bond acceptors (Lipinski definition) is 4. The Bertz CT molecular complexity index is 674. The molecule has 2 aromatic rings. The van der Waals surface area contributed by atoms with E-state index in [0.29, 0.717) is 11.5 Å². The van der Waals surface area contributed by atoms with E-state index in [2.05, 4.69) is 27.6 Å². The van der Waals surface area contributed by atoms with Gasteiger partial charge in [0.25, 0.3) is 0 Å². The minimum atomic E-state index is 0.549. The molecule has 0 aliphatic carbocycles. The number of anilines is 1. The Morgan fingerprint density at radius 3 is 2.86 bits per heavy atom. The van der Waals surface area contributed by atoms with Crippen molar-refractivity contribution in [3.8, 4) is 6.07 Å². The van der Waals surface area contributed by atoms with Crippen LogP contribution in [-0.4, -0.2) is 34.6 Å². The van der Waals surface area contributed by atoms with Gasteiger partial charge in [0.2, 0.25) is 5.95 Å². The van der Waals surface area contributed by atoms with E-state index in [1.807, 2.05) is 12.1 Å². The van der Waals surface area contributed by atoms with Gasteiger partial charge in [-0.25, -0.2) is 4.98 Å². The van der Waals surface area contributed by atoms with Crippen molar-refractivity contribution in [2.75, 3.05) is 25.9 Å². The first kappa shape index (κ1) is 13.9. The molecule has 1 fully saturated rings. The number of nitriles is 1. The molecule has 110 valence electrons. The standard InChI is InChI=1S/C16H21N5/c1-20-7-4-12(5-8-20)6-9-21-15-10-13(11-17)2-3-14(15)19-16(21)18/h2-3,10,12H,4-9H2,1H3,(H2,18,19). The average molecular weight is 283 g/mol. The third-order valence-electron chi connectivity index (χ3n) is 4.51. The number of imidazole rings is 1. The number of aromatic nitrogens is 2. The van der Waals surface area contributed by atoms with Gasteiger partial charge in [0, 0.05) is 6.54 Å². The van der Waals surface area contributed by atoms with Crippen molar-refractivity contribution in [3.63, 3.8) is 0 Å². The maximum absolute atomic E-state index is 9.04. The predicted molar refractivity (Wildman–Crippen MR) is 83.7 cm³/mol. The SMILES string of the molecule is CN1CCC(CCn2c(N)nc3ccc(C#N)cc32)CC1. The number of nitrogen functional groups attached to an aromatic ring is 1. The summed E-state index contributed by atoms with van der Waals surface area (Å²) in [5.74, 6) is 1.31. The molecule has 1 saturated heterocycles. The van der Waals surface area contributed by atoms with Crippen molar-refractivity contribution in [1.29, 1.82) is 5.26 Å². The molecule has 1 aliphatic rings. The van der Waals surface area contributed by atoms with Gasteiger partial charge in [-0.1, -0.05) is 0 Å². The summed E-state index contributed by atoms with van der Waals surface area (Å²) < 4.78 is 2.05. The smallest absolute Gasteiger partial charge is 0.201 e. The van der Waals surface area contributed by atoms with Crippen LogP contribution in [0.5, 0.6) is 0 Å². The summed E-state index contributed by atoms with van der Waals surface area (Å²) in [7, 11) is 2.18. The van der Waals surface area contributed by atoms with E-state index < -0.39 is 0 Å². The summed E-state index contributed by atoms with van der Waals surface area (Å²) in [5.41, 5.74) is 8.54. The van der Waals surface area contributed by atoms with Crippen LogP contribution in [0, 0.1) is 17.2 Å². The molecule has 1 aromatic heterocycles. The second kappa shape index (κ2) is 5.74. The van der Waals surface area contributed by atoms with Crippen molar-refractivity contribution < 1.29 is 0 Å². The molecule has 1 aromatic carbocycles.